The third kappa shape index (κ3) is 8.55. The maximum Gasteiger partial charge on any atom is 0.223 e. The lowest BCUT2D eigenvalue weighted by Crippen LogP contribution is -2.36. The molecule has 0 spiro atoms. The van der Waals surface area contributed by atoms with Crippen LogP contribution in [0.4, 0.5) is 0 Å². The zero-order valence-electron chi connectivity index (χ0n) is 18.6. The number of nitrogens with zero attached hydrogens (tertiary/aromatic N) is 1. The molecule has 3 rings (SSSR count). The number of aromatic nitrogens is 1. The fourth-order valence-electron chi connectivity index (χ4n) is 2.99. The Morgan fingerprint density at radius 2 is 1.97 bits per heavy atom. The fourth-order valence-corrected chi connectivity index (χ4v) is 3.16. The van der Waals surface area contributed by atoms with Crippen LogP contribution in [0.25, 0.3) is 10.9 Å². The summed E-state index contributed by atoms with van der Waals surface area (Å²) in [6.07, 6.45) is 5.59. The molecule has 1 atom stereocenters. The van der Waals surface area contributed by atoms with Crippen molar-refractivity contribution in [3.05, 3.63) is 35.0 Å². The number of H-pyrrole nitrogens is 1. The van der Waals surface area contributed by atoms with Crippen molar-refractivity contribution in [3.8, 4) is 0 Å². The Morgan fingerprint density at radius 3 is 2.53 bits per heavy atom. The second-order valence-corrected chi connectivity index (χ2v) is 6.68. The van der Waals surface area contributed by atoms with E-state index in [0.29, 0.717) is 24.4 Å². The lowest BCUT2D eigenvalue weighted by atomic mass is 10.1. The highest BCUT2D eigenvalue weighted by Crippen LogP contribution is 2.24. The van der Waals surface area contributed by atoms with Gasteiger partial charge in [-0.15, -0.1) is 0 Å². The Bertz CT molecular complexity index is 792. The number of carbonyl (C=O) groups is 3. The minimum absolute atomic E-state index is 0.00463. The number of amides is 2. The van der Waals surface area contributed by atoms with Gasteiger partial charge in [-0.1, -0.05) is 25.4 Å². The predicted molar refractivity (Wildman–Crippen MR) is 124 cm³/mol. The quantitative estimate of drug-likeness (QED) is 0.636. The van der Waals surface area contributed by atoms with E-state index in [1.165, 1.54) is 14.0 Å². The molecule has 8 heteroatoms. The Labute approximate surface area is 184 Å². The number of nitrogens with one attached hydrogen (secondary N) is 2. The summed E-state index contributed by atoms with van der Waals surface area (Å²) in [5.74, 6) is 0.0611. The first-order chi connectivity index (χ1) is 14.5. The van der Waals surface area contributed by atoms with Crippen molar-refractivity contribution in [2.75, 3.05) is 20.6 Å². The van der Waals surface area contributed by atoms with Crippen molar-refractivity contribution in [2.45, 2.75) is 52.5 Å². The van der Waals surface area contributed by atoms with E-state index in [4.69, 9.17) is 11.6 Å². The van der Waals surface area contributed by atoms with Gasteiger partial charge in [0.25, 0.3) is 0 Å². The van der Waals surface area contributed by atoms with Crippen LogP contribution in [0.2, 0.25) is 5.02 Å². The van der Waals surface area contributed by atoms with Gasteiger partial charge in [-0.25, -0.2) is 0 Å². The number of aryl methyl sites for hydroxylation is 1. The van der Waals surface area contributed by atoms with Crippen molar-refractivity contribution < 1.29 is 14.4 Å². The first kappa shape index (κ1) is 27.6. The zero-order valence-corrected chi connectivity index (χ0v) is 19.4. The molecule has 0 unspecified atom stereocenters. The van der Waals surface area contributed by atoms with Crippen molar-refractivity contribution in [2.24, 2.45) is 5.73 Å². The van der Waals surface area contributed by atoms with E-state index < -0.39 is 0 Å². The molecule has 1 saturated heterocycles. The maximum atomic E-state index is 12.2. The summed E-state index contributed by atoms with van der Waals surface area (Å²) in [5, 5.41) is 4.14. The average molecular weight is 439 g/mol. The third-order valence-corrected chi connectivity index (χ3v) is 4.70. The monoisotopic (exact) mass is 438 g/mol. The van der Waals surface area contributed by atoms with Crippen LogP contribution in [-0.2, 0) is 20.8 Å². The molecule has 0 bridgehead atoms. The summed E-state index contributed by atoms with van der Waals surface area (Å²) in [4.78, 5) is 37.8. The minimum atomic E-state index is -0.227. The van der Waals surface area contributed by atoms with Crippen LogP contribution in [0.1, 0.15) is 45.6 Å². The number of aldehydes is 1. The minimum Gasteiger partial charge on any atom is -0.361 e. The summed E-state index contributed by atoms with van der Waals surface area (Å²) < 4.78 is 0. The van der Waals surface area contributed by atoms with E-state index in [2.05, 4.69) is 16.0 Å². The van der Waals surface area contributed by atoms with Gasteiger partial charge in [-0.2, -0.15) is 0 Å². The molecule has 1 aromatic heterocycles. The SMILES string of the molecule is CC.CN.CNC(C)=O.O=C[C@@H]1CCCN1C(=O)CCc1c[nH]c2ccc(Cl)cc12. The van der Waals surface area contributed by atoms with E-state index in [1.807, 2.05) is 38.2 Å². The van der Waals surface area contributed by atoms with Crippen LogP contribution >= 0.6 is 11.6 Å². The number of fused-ring (bicyclic) bond motifs is 1. The van der Waals surface area contributed by atoms with Crippen molar-refractivity contribution >= 4 is 40.6 Å². The number of carbonyl (C=O) groups excluding carboxylic acids is 3. The van der Waals surface area contributed by atoms with Crippen molar-refractivity contribution in [3.63, 3.8) is 0 Å². The van der Waals surface area contributed by atoms with E-state index >= 15 is 0 Å². The summed E-state index contributed by atoms with van der Waals surface area (Å²) in [6, 6.07) is 5.46. The van der Waals surface area contributed by atoms with Gasteiger partial charge in [-0.05, 0) is 50.1 Å². The van der Waals surface area contributed by atoms with Crippen LogP contribution in [0.5, 0.6) is 0 Å². The lowest BCUT2D eigenvalue weighted by Gasteiger charge is -2.20. The lowest BCUT2D eigenvalue weighted by molar-refractivity contribution is -0.134. The molecule has 30 heavy (non-hydrogen) atoms. The summed E-state index contributed by atoms with van der Waals surface area (Å²) in [7, 11) is 3.10. The van der Waals surface area contributed by atoms with Crippen LogP contribution in [0, 0.1) is 0 Å². The summed E-state index contributed by atoms with van der Waals surface area (Å²) >= 11 is 6.02. The highest BCUT2D eigenvalue weighted by Gasteiger charge is 2.27. The van der Waals surface area contributed by atoms with E-state index in [9.17, 15) is 14.4 Å². The van der Waals surface area contributed by atoms with E-state index in [0.717, 1.165) is 35.6 Å². The van der Waals surface area contributed by atoms with E-state index in [-0.39, 0.29) is 17.9 Å². The van der Waals surface area contributed by atoms with E-state index in [1.54, 1.807) is 11.9 Å². The van der Waals surface area contributed by atoms with Gasteiger partial charge in [-0.3, -0.25) is 9.59 Å². The number of benzene rings is 1. The number of hydrogen-bond acceptors (Lipinski definition) is 4. The molecular weight excluding hydrogens is 404 g/mol. The average Bonchev–Trinajstić information content (AvgIpc) is 3.42. The number of aromatic amines is 1. The third-order valence-electron chi connectivity index (χ3n) is 4.47. The predicted octanol–water partition coefficient (Wildman–Crippen LogP) is 3.30. The number of halogens is 1. The number of nitrogens with two attached hydrogens (primary N) is 1. The Hall–Kier alpha value is -2.38. The van der Waals surface area contributed by atoms with Gasteiger partial charge >= 0.3 is 0 Å². The molecule has 4 N–H and O–H groups in total. The number of hydrogen-bond donors (Lipinski definition) is 3. The van der Waals surface area contributed by atoms with Gasteiger partial charge in [0.15, 0.2) is 0 Å². The van der Waals surface area contributed by atoms with Gasteiger partial charge in [0.1, 0.15) is 6.29 Å². The second-order valence-electron chi connectivity index (χ2n) is 6.24. The molecule has 1 fully saturated rings. The Balaban J connectivity index is 0.000000808. The first-order valence-corrected chi connectivity index (χ1v) is 10.6. The number of likely N-dealkylation sites (tertiary alicyclic amines) is 1. The van der Waals surface area contributed by atoms with Gasteiger partial charge in [0.2, 0.25) is 11.8 Å². The molecule has 2 amide bonds. The highest BCUT2D eigenvalue weighted by atomic mass is 35.5. The van der Waals surface area contributed by atoms with Gasteiger partial charge < -0.3 is 25.7 Å². The van der Waals surface area contributed by atoms with Gasteiger partial charge in [0.05, 0.1) is 6.04 Å². The molecular formula is C22H35ClN4O3. The molecule has 0 radical (unpaired) electrons. The highest BCUT2D eigenvalue weighted by molar-refractivity contribution is 6.31. The zero-order chi connectivity index (χ0) is 23.1. The fraction of sp³-hybridized carbons (Fsp3) is 0.500. The van der Waals surface area contributed by atoms with Crippen molar-refractivity contribution in [1.82, 2.24) is 15.2 Å². The molecule has 2 heterocycles. The normalized spacial score (nSPS) is 14.4. The van der Waals surface area contributed by atoms with Crippen molar-refractivity contribution in [1.29, 1.82) is 0 Å². The Kier molecular flexibility index (Phi) is 14.2. The maximum absolute atomic E-state index is 12.2. The number of rotatable bonds is 4. The Morgan fingerprint density at radius 1 is 1.33 bits per heavy atom. The standard InChI is InChI=1S/C16H17ClN2O2.C3H7NO.C2H6.CH5N/c17-12-4-5-15-14(8-12)11(9-18-15)3-6-16(21)19-7-1-2-13(19)10-20;1-3(5)4-2;2*1-2/h4-5,8-10,13,18H,1-3,6-7H2;1-2H3,(H,4,5);1-2H3;2H2,1H3/t13-;;;/m0.../s1. The molecule has 2 aromatic rings. The van der Waals surface area contributed by atoms with Gasteiger partial charge in [0, 0.05) is 49.1 Å². The molecule has 1 aromatic carbocycles. The molecule has 0 saturated carbocycles. The second kappa shape index (κ2) is 15.5. The first-order valence-electron chi connectivity index (χ1n) is 10.2. The van der Waals surface area contributed by atoms with Crippen LogP contribution in [0.15, 0.2) is 24.4 Å². The largest absolute Gasteiger partial charge is 0.361 e. The molecule has 0 aliphatic carbocycles. The smallest absolute Gasteiger partial charge is 0.223 e. The molecule has 7 nitrogen and oxygen atoms in total. The molecule has 1 aliphatic rings. The molecule has 1 aliphatic heterocycles. The summed E-state index contributed by atoms with van der Waals surface area (Å²) in [6.45, 7) is 6.17. The topological polar surface area (TPSA) is 108 Å². The molecule has 168 valence electrons. The summed E-state index contributed by atoms with van der Waals surface area (Å²) in [5.41, 5.74) is 6.61. The van der Waals surface area contributed by atoms with Crippen LogP contribution < -0.4 is 11.1 Å². The van der Waals surface area contributed by atoms with Crippen LogP contribution in [0.3, 0.4) is 0 Å². The van der Waals surface area contributed by atoms with Crippen LogP contribution in [-0.4, -0.2) is 54.7 Å².